The number of H-pyrrole nitrogens is 1. The normalized spacial score (nSPS) is 10.2. The first kappa shape index (κ1) is 10.9. The number of rotatable bonds is 3. The molecule has 1 amide bonds. The van der Waals surface area contributed by atoms with E-state index in [0.29, 0.717) is 17.0 Å². The molecule has 0 aromatic carbocycles. The summed E-state index contributed by atoms with van der Waals surface area (Å²) in [5.74, 6) is 0.405. The fourth-order valence-corrected chi connectivity index (χ4v) is 1.20. The van der Waals surface area contributed by atoms with Crippen molar-refractivity contribution in [3.63, 3.8) is 0 Å². The number of hydrogen-bond acceptors (Lipinski definition) is 2. The van der Waals surface area contributed by atoms with Gasteiger partial charge < -0.3 is 10.3 Å². The Labute approximate surface area is 88.5 Å². The lowest BCUT2D eigenvalue weighted by Gasteiger charge is -2.06. The molecule has 1 rings (SSSR count). The van der Waals surface area contributed by atoms with E-state index in [0.717, 1.165) is 5.69 Å². The van der Waals surface area contributed by atoms with Crippen molar-refractivity contribution in [2.24, 2.45) is 5.92 Å². The highest BCUT2D eigenvalue weighted by Gasteiger charge is 2.04. The first-order valence-corrected chi connectivity index (χ1v) is 4.97. The Morgan fingerprint density at radius 3 is 2.79 bits per heavy atom. The summed E-state index contributed by atoms with van der Waals surface area (Å²) in [5, 5.41) is 2.78. The Morgan fingerprint density at radius 1 is 1.57 bits per heavy atom. The number of carbonyl (C=O) groups excluding carboxylic acids is 1. The number of nitrogens with one attached hydrogen (secondary N) is 2. The third-order valence-electron chi connectivity index (χ3n) is 1.66. The van der Waals surface area contributed by atoms with Gasteiger partial charge in [-0.3, -0.25) is 4.79 Å². The van der Waals surface area contributed by atoms with E-state index in [1.54, 1.807) is 18.3 Å². The van der Waals surface area contributed by atoms with Gasteiger partial charge in [0.1, 0.15) is 4.64 Å². The molecule has 0 bridgehead atoms. The fraction of sp³-hybridized carbons (Fsp3) is 0.400. The lowest BCUT2D eigenvalue weighted by molar-refractivity contribution is -0.116. The van der Waals surface area contributed by atoms with E-state index in [2.05, 4.69) is 10.3 Å². The molecule has 0 aliphatic heterocycles. The SMILES string of the molecule is CC(C)CC(=O)Nc1ccc(=S)[nH]c1. The highest BCUT2D eigenvalue weighted by molar-refractivity contribution is 7.71. The van der Waals surface area contributed by atoms with Crippen LogP contribution in [0.2, 0.25) is 0 Å². The molecule has 14 heavy (non-hydrogen) atoms. The van der Waals surface area contributed by atoms with Crippen LogP contribution in [0.15, 0.2) is 18.3 Å². The highest BCUT2D eigenvalue weighted by Crippen LogP contribution is 2.06. The molecule has 76 valence electrons. The second-order valence-corrected chi connectivity index (χ2v) is 4.03. The van der Waals surface area contributed by atoms with Crippen LogP contribution in [-0.2, 0) is 4.79 Å². The molecule has 1 aromatic heterocycles. The number of pyridine rings is 1. The number of hydrogen-bond donors (Lipinski definition) is 2. The van der Waals surface area contributed by atoms with Crippen LogP contribution < -0.4 is 5.32 Å². The van der Waals surface area contributed by atoms with Crippen LogP contribution in [0.25, 0.3) is 0 Å². The molecule has 0 fully saturated rings. The number of carbonyl (C=O) groups is 1. The average Bonchev–Trinajstić information content (AvgIpc) is 2.07. The molecule has 1 heterocycles. The van der Waals surface area contributed by atoms with Crippen LogP contribution in [0.4, 0.5) is 5.69 Å². The fourth-order valence-electron chi connectivity index (χ4n) is 1.07. The van der Waals surface area contributed by atoms with Crippen LogP contribution in [-0.4, -0.2) is 10.9 Å². The lowest BCUT2D eigenvalue weighted by atomic mass is 10.1. The van der Waals surface area contributed by atoms with Gasteiger partial charge in [0.05, 0.1) is 5.69 Å². The first-order chi connectivity index (χ1) is 6.58. The largest absolute Gasteiger partial charge is 0.351 e. The monoisotopic (exact) mass is 210 g/mol. The Morgan fingerprint density at radius 2 is 2.29 bits per heavy atom. The van der Waals surface area contributed by atoms with E-state index in [1.807, 2.05) is 13.8 Å². The number of aromatic amines is 1. The molecule has 0 atom stereocenters. The summed E-state index contributed by atoms with van der Waals surface area (Å²) in [6.07, 6.45) is 2.23. The summed E-state index contributed by atoms with van der Waals surface area (Å²) >= 11 is 4.89. The van der Waals surface area contributed by atoms with Crippen molar-refractivity contribution in [2.75, 3.05) is 5.32 Å². The number of anilines is 1. The maximum Gasteiger partial charge on any atom is 0.224 e. The van der Waals surface area contributed by atoms with Crippen molar-refractivity contribution in [2.45, 2.75) is 20.3 Å². The van der Waals surface area contributed by atoms with Gasteiger partial charge >= 0.3 is 0 Å². The third kappa shape index (κ3) is 3.70. The van der Waals surface area contributed by atoms with Crippen LogP contribution >= 0.6 is 12.2 Å². The maximum atomic E-state index is 11.4. The molecule has 1 aromatic rings. The Bertz CT molecular complexity index is 350. The summed E-state index contributed by atoms with van der Waals surface area (Å²) in [6, 6.07) is 3.54. The van der Waals surface area contributed by atoms with Crippen LogP contribution in [0.5, 0.6) is 0 Å². The minimum absolute atomic E-state index is 0.0329. The minimum Gasteiger partial charge on any atom is -0.351 e. The van der Waals surface area contributed by atoms with E-state index in [4.69, 9.17) is 12.2 Å². The van der Waals surface area contributed by atoms with E-state index in [9.17, 15) is 4.79 Å². The zero-order valence-electron chi connectivity index (χ0n) is 8.33. The van der Waals surface area contributed by atoms with Crippen molar-refractivity contribution < 1.29 is 4.79 Å². The predicted molar refractivity (Wildman–Crippen MR) is 59.7 cm³/mol. The molecule has 3 nitrogen and oxygen atoms in total. The highest BCUT2D eigenvalue weighted by atomic mass is 32.1. The second kappa shape index (κ2) is 4.91. The molecule has 0 saturated carbocycles. The van der Waals surface area contributed by atoms with Gasteiger partial charge in [-0.15, -0.1) is 0 Å². The predicted octanol–water partition coefficient (Wildman–Crippen LogP) is 2.73. The van der Waals surface area contributed by atoms with Gasteiger partial charge in [0, 0.05) is 12.6 Å². The molecular formula is C10H14N2OS. The quantitative estimate of drug-likeness (QED) is 0.753. The Hall–Kier alpha value is -1.16. The first-order valence-electron chi connectivity index (χ1n) is 4.56. The molecule has 4 heteroatoms. The smallest absolute Gasteiger partial charge is 0.224 e. The van der Waals surface area contributed by atoms with Crippen molar-refractivity contribution in [3.8, 4) is 0 Å². The van der Waals surface area contributed by atoms with Crippen LogP contribution in [0.1, 0.15) is 20.3 Å². The zero-order valence-corrected chi connectivity index (χ0v) is 9.15. The van der Waals surface area contributed by atoms with Crippen molar-refractivity contribution in [3.05, 3.63) is 23.0 Å². The van der Waals surface area contributed by atoms with Crippen molar-refractivity contribution in [1.82, 2.24) is 4.98 Å². The van der Waals surface area contributed by atoms with Gasteiger partial charge in [0.25, 0.3) is 0 Å². The van der Waals surface area contributed by atoms with Gasteiger partial charge in [-0.1, -0.05) is 26.1 Å². The van der Waals surface area contributed by atoms with E-state index in [1.165, 1.54) is 0 Å². The second-order valence-electron chi connectivity index (χ2n) is 3.59. The van der Waals surface area contributed by atoms with Gasteiger partial charge in [0.15, 0.2) is 0 Å². The van der Waals surface area contributed by atoms with E-state index < -0.39 is 0 Å². The summed E-state index contributed by atoms with van der Waals surface area (Å²) in [4.78, 5) is 14.2. The molecule has 0 saturated heterocycles. The molecule has 2 N–H and O–H groups in total. The van der Waals surface area contributed by atoms with E-state index >= 15 is 0 Å². The van der Waals surface area contributed by atoms with Crippen LogP contribution in [0, 0.1) is 10.6 Å². The topological polar surface area (TPSA) is 44.9 Å². The molecule has 0 aliphatic carbocycles. The van der Waals surface area contributed by atoms with Gasteiger partial charge in [-0.05, 0) is 18.1 Å². The molecule has 0 radical (unpaired) electrons. The Kier molecular flexibility index (Phi) is 3.83. The Balaban J connectivity index is 2.56. The zero-order chi connectivity index (χ0) is 10.6. The lowest BCUT2D eigenvalue weighted by Crippen LogP contribution is -2.13. The summed E-state index contributed by atoms with van der Waals surface area (Å²) < 4.78 is 0.659. The standard InChI is InChI=1S/C10H14N2OS/c1-7(2)5-9(13)12-8-3-4-10(14)11-6-8/h3-4,6-7H,5H2,1-2H3,(H,11,14)(H,12,13). The maximum absolute atomic E-state index is 11.4. The van der Waals surface area contributed by atoms with Gasteiger partial charge in [0.2, 0.25) is 5.91 Å². The average molecular weight is 210 g/mol. The number of amides is 1. The van der Waals surface area contributed by atoms with E-state index in [-0.39, 0.29) is 5.91 Å². The van der Waals surface area contributed by atoms with Gasteiger partial charge in [-0.2, -0.15) is 0 Å². The van der Waals surface area contributed by atoms with Crippen molar-refractivity contribution in [1.29, 1.82) is 0 Å². The molecule has 0 aliphatic rings. The molecular weight excluding hydrogens is 196 g/mol. The molecule has 0 spiro atoms. The molecule has 0 unspecified atom stereocenters. The minimum atomic E-state index is 0.0329. The summed E-state index contributed by atoms with van der Waals surface area (Å²) in [7, 11) is 0. The number of aromatic nitrogens is 1. The van der Waals surface area contributed by atoms with Crippen LogP contribution in [0.3, 0.4) is 0 Å². The summed E-state index contributed by atoms with van der Waals surface area (Å²) in [6.45, 7) is 4.02. The third-order valence-corrected chi connectivity index (χ3v) is 1.92. The van der Waals surface area contributed by atoms with Crippen molar-refractivity contribution >= 4 is 23.8 Å². The summed E-state index contributed by atoms with van der Waals surface area (Å²) in [5.41, 5.74) is 0.754. The van der Waals surface area contributed by atoms with Gasteiger partial charge in [-0.25, -0.2) is 0 Å².